The number of hydrogen-bond donors (Lipinski definition) is 1. The van der Waals surface area contributed by atoms with Crippen molar-refractivity contribution in [1.29, 1.82) is 0 Å². The molecule has 1 N–H and O–H groups in total. The van der Waals surface area contributed by atoms with Crippen molar-refractivity contribution in [3.63, 3.8) is 0 Å². The predicted octanol–water partition coefficient (Wildman–Crippen LogP) is 4.99. The smallest absolute Gasteiger partial charge is 0.294 e. The summed E-state index contributed by atoms with van der Waals surface area (Å²) in [5.74, 6) is -2.15. The van der Waals surface area contributed by atoms with Crippen LogP contribution in [0.25, 0.3) is 0 Å². The maximum absolute atomic E-state index is 13.6. The molecule has 1 aliphatic heterocycles. The normalized spacial score (nSPS) is 16.5. The molecule has 0 spiro atoms. The summed E-state index contributed by atoms with van der Waals surface area (Å²) < 4.78 is 13.6. The van der Waals surface area contributed by atoms with E-state index in [0.29, 0.717) is 26.8 Å². The number of rotatable bonds is 4. The van der Waals surface area contributed by atoms with E-state index >= 15 is 0 Å². The maximum Gasteiger partial charge on any atom is 0.294 e. The number of nitrogens with zero attached hydrogens (tertiary/aromatic N) is 2. The summed E-state index contributed by atoms with van der Waals surface area (Å²) >= 11 is 1.22. The third kappa shape index (κ3) is 3.31. The molecule has 0 saturated carbocycles. The fourth-order valence-electron chi connectivity index (χ4n) is 3.71. The van der Waals surface area contributed by atoms with E-state index in [4.69, 9.17) is 0 Å². The average Bonchev–Trinajstić information content (AvgIpc) is 3.18. The van der Waals surface area contributed by atoms with Crippen molar-refractivity contribution in [2.45, 2.75) is 26.8 Å². The zero-order valence-electron chi connectivity index (χ0n) is 16.6. The molecule has 3 aromatic rings. The Balaban J connectivity index is 1.90. The maximum atomic E-state index is 13.6. The minimum atomic E-state index is -0.880. The van der Waals surface area contributed by atoms with Gasteiger partial charge in [0.1, 0.15) is 5.82 Å². The van der Waals surface area contributed by atoms with E-state index < -0.39 is 29.3 Å². The summed E-state index contributed by atoms with van der Waals surface area (Å²) in [6.45, 7) is 5.40. The van der Waals surface area contributed by atoms with Gasteiger partial charge in [-0.3, -0.25) is 14.5 Å². The molecule has 0 bridgehead atoms. The number of halogens is 1. The van der Waals surface area contributed by atoms with E-state index in [1.165, 1.54) is 40.5 Å². The number of thiazole rings is 1. The van der Waals surface area contributed by atoms with E-state index in [9.17, 15) is 19.1 Å². The number of Topliss-reactive ketones (excluding diaryl/α,β-unsaturated/α-hetero) is 1. The van der Waals surface area contributed by atoms with Gasteiger partial charge in [0.25, 0.3) is 5.91 Å². The van der Waals surface area contributed by atoms with E-state index in [2.05, 4.69) is 4.98 Å². The predicted molar refractivity (Wildman–Crippen MR) is 113 cm³/mol. The number of aliphatic hydroxyl groups excluding tert-OH is 1. The Hall–Kier alpha value is -3.32. The van der Waals surface area contributed by atoms with Crippen LogP contribution in [0.3, 0.4) is 0 Å². The van der Waals surface area contributed by atoms with Crippen molar-refractivity contribution in [3.8, 4) is 0 Å². The summed E-state index contributed by atoms with van der Waals surface area (Å²) in [7, 11) is 0. The zero-order chi connectivity index (χ0) is 21.6. The van der Waals surface area contributed by atoms with Crippen LogP contribution < -0.4 is 4.90 Å². The van der Waals surface area contributed by atoms with Crippen molar-refractivity contribution in [2.75, 3.05) is 4.90 Å². The fraction of sp³-hybridized carbons (Fsp3) is 0.174. The molecule has 1 amide bonds. The molecule has 4 rings (SSSR count). The Morgan fingerprint density at radius 1 is 1.13 bits per heavy atom. The van der Waals surface area contributed by atoms with Gasteiger partial charge in [0, 0.05) is 5.69 Å². The number of amides is 1. The van der Waals surface area contributed by atoms with Crippen LogP contribution in [0.2, 0.25) is 0 Å². The Labute approximate surface area is 177 Å². The highest BCUT2D eigenvalue weighted by Crippen LogP contribution is 2.42. The lowest BCUT2D eigenvalue weighted by molar-refractivity contribution is -0.117. The van der Waals surface area contributed by atoms with Gasteiger partial charge in [-0.1, -0.05) is 24.3 Å². The molecule has 1 atom stereocenters. The summed E-state index contributed by atoms with van der Waals surface area (Å²) in [4.78, 5) is 32.6. The average molecular weight is 422 g/mol. The Bertz CT molecular complexity index is 1200. The number of ketones is 1. The number of carbonyl (C=O) groups excluding carboxylic acids is 2. The molecule has 0 radical (unpaired) electrons. The third-order valence-electron chi connectivity index (χ3n) is 5.03. The Morgan fingerprint density at radius 3 is 2.43 bits per heavy atom. The molecule has 152 valence electrons. The van der Waals surface area contributed by atoms with Crippen LogP contribution in [0, 0.1) is 26.6 Å². The summed E-state index contributed by atoms with van der Waals surface area (Å²) in [6.07, 6.45) is 0. The van der Waals surface area contributed by atoms with Crippen LogP contribution >= 0.6 is 11.3 Å². The van der Waals surface area contributed by atoms with Crippen molar-refractivity contribution in [2.24, 2.45) is 0 Å². The minimum absolute atomic E-state index is 0.0279. The van der Waals surface area contributed by atoms with E-state index in [1.807, 2.05) is 13.0 Å². The second-order valence-electron chi connectivity index (χ2n) is 7.21. The van der Waals surface area contributed by atoms with Crippen LogP contribution in [-0.4, -0.2) is 21.8 Å². The van der Waals surface area contributed by atoms with E-state index in [0.717, 1.165) is 5.56 Å². The van der Waals surface area contributed by atoms with Crippen molar-refractivity contribution in [1.82, 2.24) is 4.98 Å². The molecule has 7 heteroatoms. The molecular formula is C23H19FN2O3S. The van der Waals surface area contributed by atoms with E-state index in [-0.39, 0.29) is 5.57 Å². The SMILES string of the molecule is Cc1cccc(N2C(=O)C(O)=C(C(=O)c3sc(C)nc3C)C2c2ccc(F)cc2)c1. The first-order chi connectivity index (χ1) is 14.3. The van der Waals surface area contributed by atoms with Crippen LogP contribution in [-0.2, 0) is 4.79 Å². The standard InChI is InChI=1S/C23H19FN2O3S/c1-12-5-4-6-17(11-12)26-19(15-7-9-16(24)10-8-15)18(21(28)23(26)29)20(27)22-13(2)25-14(3)30-22/h4-11,19,28H,1-3H3. The summed E-state index contributed by atoms with van der Waals surface area (Å²) in [5.41, 5.74) is 2.51. The van der Waals surface area contributed by atoms with Gasteiger partial charge in [-0.2, -0.15) is 0 Å². The molecule has 1 aliphatic rings. The van der Waals surface area contributed by atoms with Crippen molar-refractivity contribution < 1.29 is 19.1 Å². The molecule has 0 aliphatic carbocycles. The topological polar surface area (TPSA) is 70.5 Å². The number of aliphatic hydroxyl groups is 1. The first kappa shape index (κ1) is 20.0. The van der Waals surface area contributed by atoms with Gasteiger partial charge in [0.05, 0.1) is 27.2 Å². The van der Waals surface area contributed by atoms with Crippen LogP contribution in [0.1, 0.15) is 37.5 Å². The number of aryl methyl sites for hydroxylation is 3. The van der Waals surface area contributed by atoms with Gasteiger partial charge >= 0.3 is 0 Å². The second kappa shape index (κ2) is 7.50. The number of anilines is 1. The van der Waals surface area contributed by atoms with Gasteiger partial charge in [0.2, 0.25) is 5.78 Å². The minimum Gasteiger partial charge on any atom is -0.503 e. The molecule has 2 heterocycles. The fourth-order valence-corrected chi connectivity index (χ4v) is 4.58. The lowest BCUT2D eigenvalue weighted by atomic mass is 9.94. The Kier molecular flexibility index (Phi) is 4.99. The van der Waals surface area contributed by atoms with E-state index in [1.54, 1.807) is 32.0 Å². The first-order valence-corrected chi connectivity index (χ1v) is 10.2. The highest BCUT2D eigenvalue weighted by Gasteiger charge is 2.45. The molecule has 0 fully saturated rings. The number of benzene rings is 2. The lowest BCUT2D eigenvalue weighted by Crippen LogP contribution is -2.31. The quantitative estimate of drug-likeness (QED) is 0.602. The van der Waals surface area contributed by atoms with Crippen molar-refractivity contribution >= 4 is 28.7 Å². The summed E-state index contributed by atoms with van der Waals surface area (Å²) in [6, 6.07) is 11.9. The summed E-state index contributed by atoms with van der Waals surface area (Å²) in [5, 5.41) is 11.5. The molecule has 30 heavy (non-hydrogen) atoms. The second-order valence-corrected chi connectivity index (χ2v) is 8.41. The highest BCUT2D eigenvalue weighted by molar-refractivity contribution is 7.14. The highest BCUT2D eigenvalue weighted by atomic mass is 32.1. The molecule has 1 aromatic heterocycles. The van der Waals surface area contributed by atoms with Crippen LogP contribution in [0.4, 0.5) is 10.1 Å². The lowest BCUT2D eigenvalue weighted by Gasteiger charge is -2.27. The van der Waals surface area contributed by atoms with Crippen molar-refractivity contribution in [3.05, 3.63) is 92.4 Å². The van der Waals surface area contributed by atoms with Gasteiger partial charge < -0.3 is 5.11 Å². The molecule has 2 aromatic carbocycles. The van der Waals surface area contributed by atoms with Gasteiger partial charge in [-0.15, -0.1) is 11.3 Å². The van der Waals surface area contributed by atoms with Gasteiger partial charge in [-0.05, 0) is 56.2 Å². The Morgan fingerprint density at radius 2 is 1.83 bits per heavy atom. The molecule has 1 unspecified atom stereocenters. The number of hydrogen-bond acceptors (Lipinski definition) is 5. The first-order valence-electron chi connectivity index (χ1n) is 9.35. The van der Waals surface area contributed by atoms with Crippen LogP contribution in [0.5, 0.6) is 0 Å². The largest absolute Gasteiger partial charge is 0.503 e. The van der Waals surface area contributed by atoms with Gasteiger partial charge in [-0.25, -0.2) is 9.37 Å². The number of carbonyl (C=O) groups is 2. The van der Waals surface area contributed by atoms with Gasteiger partial charge in [0.15, 0.2) is 5.76 Å². The zero-order valence-corrected chi connectivity index (χ0v) is 17.5. The molecule has 5 nitrogen and oxygen atoms in total. The molecular weight excluding hydrogens is 403 g/mol. The number of aromatic nitrogens is 1. The molecule has 0 saturated heterocycles. The third-order valence-corrected chi connectivity index (χ3v) is 6.10. The monoisotopic (exact) mass is 422 g/mol. The van der Waals surface area contributed by atoms with Crippen LogP contribution in [0.15, 0.2) is 59.9 Å².